The first kappa shape index (κ1) is 16.2. The Kier molecular flexibility index (Phi) is 4.47. The number of fused-ring (bicyclic) bond motifs is 1. The molecule has 0 saturated heterocycles. The van der Waals surface area contributed by atoms with E-state index in [1.807, 2.05) is 29.8 Å². The summed E-state index contributed by atoms with van der Waals surface area (Å²) in [4.78, 5) is 12.2. The van der Waals surface area contributed by atoms with E-state index in [0.29, 0.717) is 18.2 Å². The second-order valence-electron chi connectivity index (χ2n) is 6.81. The van der Waals surface area contributed by atoms with E-state index in [4.69, 9.17) is 9.47 Å². The molecule has 0 atom stereocenters. The van der Waals surface area contributed by atoms with E-state index < -0.39 is 0 Å². The van der Waals surface area contributed by atoms with Gasteiger partial charge in [-0.05, 0) is 49.6 Å². The lowest BCUT2D eigenvalue weighted by Crippen LogP contribution is -2.11. The molecule has 0 bridgehead atoms. The molecule has 0 unspecified atom stereocenters. The van der Waals surface area contributed by atoms with Crippen LogP contribution in [0.2, 0.25) is 0 Å². The molecule has 25 heavy (non-hydrogen) atoms. The van der Waals surface area contributed by atoms with E-state index in [2.05, 4.69) is 11.2 Å². The molecule has 2 aromatic rings. The third-order valence-corrected chi connectivity index (χ3v) is 5.16. The van der Waals surface area contributed by atoms with E-state index >= 15 is 0 Å². The van der Waals surface area contributed by atoms with Crippen LogP contribution in [0.5, 0.6) is 5.75 Å². The van der Waals surface area contributed by atoms with Crippen LogP contribution in [0.25, 0.3) is 5.69 Å². The van der Waals surface area contributed by atoms with Gasteiger partial charge in [0, 0.05) is 18.0 Å². The SMILES string of the molecule is CCOC(=O)c1cc(C2CCCCC2)n(-c2ccc3c(c2)CCO3)n1. The topological polar surface area (TPSA) is 53.4 Å². The van der Waals surface area contributed by atoms with Crippen LogP contribution in [0, 0.1) is 0 Å². The number of aromatic nitrogens is 2. The molecular formula is C20H24N2O3. The fourth-order valence-electron chi connectivity index (χ4n) is 3.90. The second kappa shape index (κ2) is 6.90. The molecule has 1 aliphatic carbocycles. The Morgan fingerprint density at radius 3 is 2.92 bits per heavy atom. The maximum Gasteiger partial charge on any atom is 0.358 e. The Hall–Kier alpha value is -2.30. The van der Waals surface area contributed by atoms with Crippen LogP contribution in [-0.4, -0.2) is 29.0 Å². The Bertz CT molecular complexity index is 775. The predicted octanol–water partition coefficient (Wildman–Crippen LogP) is 4.03. The first-order valence-electron chi connectivity index (χ1n) is 9.29. The molecular weight excluding hydrogens is 316 g/mol. The van der Waals surface area contributed by atoms with Crippen LogP contribution in [0.3, 0.4) is 0 Å². The van der Waals surface area contributed by atoms with Gasteiger partial charge in [0.2, 0.25) is 0 Å². The monoisotopic (exact) mass is 340 g/mol. The van der Waals surface area contributed by atoms with Crippen LogP contribution >= 0.6 is 0 Å². The molecule has 4 rings (SSSR count). The molecule has 0 N–H and O–H groups in total. The summed E-state index contributed by atoms with van der Waals surface area (Å²) in [6, 6.07) is 8.10. The Morgan fingerprint density at radius 2 is 2.12 bits per heavy atom. The van der Waals surface area contributed by atoms with Crippen LogP contribution in [0.15, 0.2) is 24.3 Å². The number of carbonyl (C=O) groups is 1. The van der Waals surface area contributed by atoms with Crippen LogP contribution < -0.4 is 4.74 Å². The van der Waals surface area contributed by atoms with Crippen molar-refractivity contribution in [2.45, 2.75) is 51.4 Å². The third kappa shape index (κ3) is 3.15. The highest BCUT2D eigenvalue weighted by Gasteiger charge is 2.25. The zero-order valence-corrected chi connectivity index (χ0v) is 14.7. The first-order chi connectivity index (χ1) is 12.3. The van der Waals surface area contributed by atoms with Crippen LogP contribution in [-0.2, 0) is 11.2 Å². The smallest absolute Gasteiger partial charge is 0.358 e. The zero-order valence-electron chi connectivity index (χ0n) is 14.7. The van der Waals surface area contributed by atoms with Crippen molar-refractivity contribution >= 4 is 5.97 Å². The number of benzene rings is 1. The van der Waals surface area contributed by atoms with E-state index in [9.17, 15) is 4.79 Å². The van der Waals surface area contributed by atoms with Crippen molar-refractivity contribution in [3.05, 3.63) is 41.2 Å². The minimum Gasteiger partial charge on any atom is -0.493 e. The summed E-state index contributed by atoms with van der Waals surface area (Å²) in [6.45, 7) is 2.92. The number of carbonyl (C=O) groups excluding carboxylic acids is 1. The number of rotatable bonds is 4. The number of hydrogen-bond donors (Lipinski definition) is 0. The fourth-order valence-corrected chi connectivity index (χ4v) is 3.90. The highest BCUT2D eigenvalue weighted by atomic mass is 16.5. The summed E-state index contributed by atoms with van der Waals surface area (Å²) in [5.74, 6) is 1.07. The second-order valence-corrected chi connectivity index (χ2v) is 6.81. The van der Waals surface area contributed by atoms with Crippen molar-refractivity contribution < 1.29 is 14.3 Å². The molecule has 2 heterocycles. The lowest BCUT2D eigenvalue weighted by atomic mass is 9.86. The minimum atomic E-state index is -0.345. The van der Waals surface area contributed by atoms with Crippen LogP contribution in [0.1, 0.15) is 66.7 Å². The number of ether oxygens (including phenoxy) is 2. The van der Waals surface area contributed by atoms with Gasteiger partial charge < -0.3 is 9.47 Å². The standard InChI is InChI=1S/C20H24N2O3/c1-2-24-20(23)17-13-18(14-6-4-3-5-7-14)22(21-17)16-8-9-19-15(12-16)10-11-25-19/h8-9,12-14H,2-7,10-11H2,1H3. The van der Waals surface area contributed by atoms with Gasteiger partial charge in [0.25, 0.3) is 0 Å². The summed E-state index contributed by atoms with van der Waals surface area (Å²) >= 11 is 0. The summed E-state index contributed by atoms with van der Waals surface area (Å²) < 4.78 is 12.7. The molecule has 0 amide bonds. The molecule has 1 fully saturated rings. The number of esters is 1. The van der Waals surface area contributed by atoms with Gasteiger partial charge >= 0.3 is 5.97 Å². The van der Waals surface area contributed by atoms with Gasteiger partial charge in [0.1, 0.15) is 5.75 Å². The van der Waals surface area contributed by atoms with Crippen molar-refractivity contribution in [3.8, 4) is 11.4 Å². The number of hydrogen-bond acceptors (Lipinski definition) is 4. The average Bonchev–Trinajstić information content (AvgIpc) is 3.29. The largest absolute Gasteiger partial charge is 0.493 e. The van der Waals surface area contributed by atoms with Gasteiger partial charge in [0.05, 0.1) is 18.9 Å². The quantitative estimate of drug-likeness (QED) is 0.789. The summed E-state index contributed by atoms with van der Waals surface area (Å²) in [7, 11) is 0. The average molecular weight is 340 g/mol. The molecule has 5 nitrogen and oxygen atoms in total. The lowest BCUT2D eigenvalue weighted by molar-refractivity contribution is 0.0519. The Balaban J connectivity index is 1.74. The van der Waals surface area contributed by atoms with E-state index in [0.717, 1.165) is 43.0 Å². The van der Waals surface area contributed by atoms with Crippen molar-refractivity contribution in [1.29, 1.82) is 0 Å². The highest BCUT2D eigenvalue weighted by Crippen LogP contribution is 2.35. The maximum absolute atomic E-state index is 12.2. The van der Waals surface area contributed by atoms with Gasteiger partial charge in [-0.1, -0.05) is 19.3 Å². The van der Waals surface area contributed by atoms with E-state index in [1.165, 1.54) is 24.8 Å². The van der Waals surface area contributed by atoms with Gasteiger partial charge in [-0.15, -0.1) is 0 Å². The van der Waals surface area contributed by atoms with Crippen molar-refractivity contribution in [2.75, 3.05) is 13.2 Å². The van der Waals surface area contributed by atoms with Crippen molar-refractivity contribution in [2.24, 2.45) is 0 Å². The minimum absolute atomic E-state index is 0.345. The molecule has 1 aromatic carbocycles. The molecule has 1 saturated carbocycles. The molecule has 0 radical (unpaired) electrons. The molecule has 132 valence electrons. The fraction of sp³-hybridized carbons (Fsp3) is 0.500. The summed E-state index contributed by atoms with van der Waals surface area (Å²) in [5.41, 5.74) is 3.74. The lowest BCUT2D eigenvalue weighted by Gasteiger charge is -2.22. The molecule has 1 aromatic heterocycles. The van der Waals surface area contributed by atoms with Gasteiger partial charge in [-0.2, -0.15) is 5.10 Å². The Morgan fingerprint density at radius 1 is 1.28 bits per heavy atom. The van der Waals surface area contributed by atoms with Gasteiger partial charge in [-0.3, -0.25) is 0 Å². The molecule has 0 spiro atoms. The molecule has 5 heteroatoms. The maximum atomic E-state index is 12.2. The third-order valence-electron chi connectivity index (χ3n) is 5.16. The zero-order chi connectivity index (χ0) is 17.2. The number of nitrogens with zero attached hydrogens (tertiary/aromatic N) is 2. The van der Waals surface area contributed by atoms with Gasteiger partial charge in [-0.25, -0.2) is 9.48 Å². The van der Waals surface area contributed by atoms with E-state index in [1.54, 1.807) is 0 Å². The first-order valence-corrected chi connectivity index (χ1v) is 9.29. The summed E-state index contributed by atoms with van der Waals surface area (Å²) in [5, 5.41) is 4.60. The predicted molar refractivity (Wildman–Crippen MR) is 94.5 cm³/mol. The molecule has 1 aliphatic heterocycles. The highest BCUT2D eigenvalue weighted by molar-refractivity contribution is 5.87. The summed E-state index contributed by atoms with van der Waals surface area (Å²) in [6.07, 6.45) is 7.01. The van der Waals surface area contributed by atoms with Crippen molar-refractivity contribution in [3.63, 3.8) is 0 Å². The van der Waals surface area contributed by atoms with Crippen molar-refractivity contribution in [1.82, 2.24) is 9.78 Å². The van der Waals surface area contributed by atoms with Gasteiger partial charge in [0.15, 0.2) is 5.69 Å². The Labute approximate surface area is 147 Å². The van der Waals surface area contributed by atoms with Crippen LogP contribution in [0.4, 0.5) is 0 Å². The normalized spacial score (nSPS) is 17.2. The van der Waals surface area contributed by atoms with E-state index in [-0.39, 0.29) is 5.97 Å². The molecule has 2 aliphatic rings.